The van der Waals surface area contributed by atoms with Gasteiger partial charge in [0.1, 0.15) is 5.82 Å². The van der Waals surface area contributed by atoms with E-state index >= 15 is 0 Å². The number of rotatable bonds is 6. The molecule has 19 heavy (non-hydrogen) atoms. The smallest absolute Gasteiger partial charge is 0.234 e. The monoisotopic (exact) mass is 284 g/mol. The topological polar surface area (TPSA) is 41.1 Å². The van der Waals surface area contributed by atoms with E-state index in [9.17, 15) is 9.18 Å². The Hall–Kier alpha value is -1.13. The fourth-order valence-corrected chi connectivity index (χ4v) is 2.27. The largest absolute Gasteiger partial charge is 0.348 e. The molecule has 104 valence electrons. The third-order valence-electron chi connectivity index (χ3n) is 3.22. The molecule has 0 radical (unpaired) electrons. The summed E-state index contributed by atoms with van der Waals surface area (Å²) in [6, 6.07) is 3.96. The Morgan fingerprint density at radius 2 is 2.26 bits per heavy atom. The summed E-state index contributed by atoms with van der Waals surface area (Å²) in [5, 5.41) is 6.30. The molecule has 1 atom stereocenters. The molecule has 0 heterocycles. The number of carbonyl (C=O) groups excluding carboxylic acids is 1. The summed E-state index contributed by atoms with van der Waals surface area (Å²) in [6.45, 7) is 3.04. The summed E-state index contributed by atoms with van der Waals surface area (Å²) < 4.78 is 12.9. The molecule has 2 N–H and O–H groups in total. The van der Waals surface area contributed by atoms with Crippen molar-refractivity contribution in [1.82, 2.24) is 10.6 Å². The minimum Gasteiger partial charge on any atom is -0.348 e. The predicted octanol–water partition coefficient (Wildman–Crippen LogP) is 2.66. The van der Waals surface area contributed by atoms with Gasteiger partial charge in [-0.25, -0.2) is 4.39 Å². The van der Waals surface area contributed by atoms with Crippen molar-refractivity contribution in [1.29, 1.82) is 0 Å². The van der Waals surface area contributed by atoms with E-state index in [0.717, 1.165) is 18.0 Å². The standard InChI is InChI=1S/C14H18ClFN2O/c1-9(12-5-4-11(16)6-13(12)15)18-14(19)8-17-7-10-2-3-10/h4-6,9-10,17H,2-3,7-8H2,1H3,(H,18,19). The van der Waals surface area contributed by atoms with Crippen LogP contribution in [0.3, 0.4) is 0 Å². The van der Waals surface area contributed by atoms with Gasteiger partial charge in [-0.2, -0.15) is 0 Å². The maximum Gasteiger partial charge on any atom is 0.234 e. The zero-order chi connectivity index (χ0) is 13.8. The molecule has 1 aromatic rings. The summed E-state index contributed by atoms with van der Waals surface area (Å²) in [4.78, 5) is 11.7. The molecule has 0 aliphatic heterocycles. The number of hydrogen-bond donors (Lipinski definition) is 2. The third kappa shape index (κ3) is 4.48. The molecule has 1 saturated carbocycles. The SMILES string of the molecule is CC(NC(=O)CNCC1CC1)c1ccc(F)cc1Cl. The van der Waals surface area contributed by atoms with Gasteiger partial charge >= 0.3 is 0 Å². The van der Waals surface area contributed by atoms with E-state index in [2.05, 4.69) is 10.6 Å². The molecule has 1 fully saturated rings. The Balaban J connectivity index is 1.81. The Labute approximate surface area is 117 Å². The number of halogens is 2. The van der Waals surface area contributed by atoms with Crippen LogP contribution in [-0.2, 0) is 4.79 Å². The average Bonchev–Trinajstić information content (AvgIpc) is 3.12. The predicted molar refractivity (Wildman–Crippen MR) is 73.6 cm³/mol. The number of carbonyl (C=O) groups is 1. The molecule has 1 aromatic carbocycles. The van der Waals surface area contributed by atoms with Crippen LogP contribution in [0, 0.1) is 11.7 Å². The zero-order valence-electron chi connectivity index (χ0n) is 10.9. The van der Waals surface area contributed by atoms with Gasteiger partial charge in [-0.3, -0.25) is 4.79 Å². The van der Waals surface area contributed by atoms with E-state index in [1.807, 2.05) is 6.92 Å². The van der Waals surface area contributed by atoms with Crippen LogP contribution in [0.4, 0.5) is 4.39 Å². The normalized spacial score (nSPS) is 16.2. The Kier molecular flexibility index (Phi) is 4.77. The molecule has 1 aliphatic carbocycles. The van der Waals surface area contributed by atoms with Crippen molar-refractivity contribution in [3.63, 3.8) is 0 Å². The third-order valence-corrected chi connectivity index (χ3v) is 3.55. The van der Waals surface area contributed by atoms with Crippen molar-refractivity contribution < 1.29 is 9.18 Å². The first-order valence-corrected chi connectivity index (χ1v) is 6.89. The van der Waals surface area contributed by atoms with Crippen molar-refractivity contribution in [2.24, 2.45) is 5.92 Å². The second-order valence-electron chi connectivity index (χ2n) is 5.03. The molecule has 1 aliphatic rings. The number of nitrogens with one attached hydrogen (secondary N) is 2. The molecule has 2 rings (SSSR count). The first-order chi connectivity index (χ1) is 9.06. The van der Waals surface area contributed by atoms with Crippen LogP contribution in [0.2, 0.25) is 5.02 Å². The summed E-state index contributed by atoms with van der Waals surface area (Å²) in [5.74, 6) is 0.295. The number of hydrogen-bond acceptors (Lipinski definition) is 2. The van der Waals surface area contributed by atoms with Crippen LogP contribution in [0.5, 0.6) is 0 Å². The van der Waals surface area contributed by atoms with Crippen LogP contribution in [0.15, 0.2) is 18.2 Å². The molecule has 3 nitrogen and oxygen atoms in total. The van der Waals surface area contributed by atoms with Crippen molar-refractivity contribution in [2.75, 3.05) is 13.1 Å². The van der Waals surface area contributed by atoms with E-state index in [-0.39, 0.29) is 17.8 Å². The van der Waals surface area contributed by atoms with Crippen LogP contribution < -0.4 is 10.6 Å². The first kappa shape index (κ1) is 14.3. The van der Waals surface area contributed by atoms with Crippen LogP contribution in [0.25, 0.3) is 0 Å². The van der Waals surface area contributed by atoms with E-state index < -0.39 is 0 Å². The lowest BCUT2D eigenvalue weighted by atomic mass is 10.1. The summed E-state index contributed by atoms with van der Waals surface area (Å²) in [7, 11) is 0. The maximum atomic E-state index is 12.9. The van der Waals surface area contributed by atoms with E-state index in [4.69, 9.17) is 11.6 Å². The number of benzene rings is 1. The number of amides is 1. The van der Waals surface area contributed by atoms with Crippen molar-refractivity contribution >= 4 is 17.5 Å². The van der Waals surface area contributed by atoms with E-state index in [1.54, 1.807) is 6.07 Å². The van der Waals surface area contributed by atoms with E-state index in [0.29, 0.717) is 11.6 Å². The molecule has 0 aromatic heterocycles. The highest BCUT2D eigenvalue weighted by molar-refractivity contribution is 6.31. The molecular weight excluding hydrogens is 267 g/mol. The highest BCUT2D eigenvalue weighted by Gasteiger charge is 2.21. The van der Waals surface area contributed by atoms with Crippen LogP contribution in [-0.4, -0.2) is 19.0 Å². The van der Waals surface area contributed by atoms with Gasteiger partial charge in [0, 0.05) is 5.02 Å². The molecule has 1 amide bonds. The van der Waals surface area contributed by atoms with Crippen LogP contribution >= 0.6 is 11.6 Å². The fourth-order valence-electron chi connectivity index (χ4n) is 1.93. The minimum atomic E-state index is -0.377. The second kappa shape index (κ2) is 6.35. The molecule has 0 spiro atoms. The molecular formula is C14H18ClFN2O. The molecule has 0 saturated heterocycles. The van der Waals surface area contributed by atoms with Gasteiger partial charge in [-0.15, -0.1) is 0 Å². The van der Waals surface area contributed by atoms with Crippen molar-refractivity contribution in [2.45, 2.75) is 25.8 Å². The Bertz CT molecular complexity index is 463. The quantitative estimate of drug-likeness (QED) is 0.843. The van der Waals surface area contributed by atoms with Crippen molar-refractivity contribution in [3.8, 4) is 0 Å². The van der Waals surface area contributed by atoms with Gasteiger partial charge < -0.3 is 10.6 Å². The highest BCUT2D eigenvalue weighted by Crippen LogP contribution is 2.27. The van der Waals surface area contributed by atoms with E-state index in [1.165, 1.54) is 25.0 Å². The molecule has 5 heteroatoms. The van der Waals surface area contributed by atoms with Gasteiger partial charge in [0.05, 0.1) is 12.6 Å². The fraction of sp³-hybridized carbons (Fsp3) is 0.500. The highest BCUT2D eigenvalue weighted by atomic mass is 35.5. The van der Waals surface area contributed by atoms with Gasteiger partial charge in [-0.05, 0) is 49.9 Å². The molecule has 0 bridgehead atoms. The zero-order valence-corrected chi connectivity index (χ0v) is 11.6. The van der Waals surface area contributed by atoms with Gasteiger partial charge in [0.2, 0.25) is 5.91 Å². The minimum absolute atomic E-state index is 0.0754. The lowest BCUT2D eigenvalue weighted by molar-refractivity contribution is -0.120. The van der Waals surface area contributed by atoms with Crippen LogP contribution in [0.1, 0.15) is 31.4 Å². The van der Waals surface area contributed by atoms with Gasteiger partial charge in [-0.1, -0.05) is 17.7 Å². The van der Waals surface area contributed by atoms with Gasteiger partial charge in [0.15, 0.2) is 0 Å². The van der Waals surface area contributed by atoms with Gasteiger partial charge in [0.25, 0.3) is 0 Å². The summed E-state index contributed by atoms with van der Waals surface area (Å²) >= 11 is 5.96. The summed E-state index contributed by atoms with van der Waals surface area (Å²) in [5.41, 5.74) is 0.721. The Morgan fingerprint density at radius 3 is 2.89 bits per heavy atom. The average molecular weight is 285 g/mol. The summed E-state index contributed by atoms with van der Waals surface area (Å²) in [6.07, 6.45) is 2.52. The lowest BCUT2D eigenvalue weighted by Gasteiger charge is -2.16. The first-order valence-electron chi connectivity index (χ1n) is 6.51. The molecule has 1 unspecified atom stereocenters. The maximum absolute atomic E-state index is 12.9. The second-order valence-corrected chi connectivity index (χ2v) is 5.44. The Morgan fingerprint density at radius 1 is 1.53 bits per heavy atom. The lowest BCUT2D eigenvalue weighted by Crippen LogP contribution is -2.36. The van der Waals surface area contributed by atoms with Crippen molar-refractivity contribution in [3.05, 3.63) is 34.6 Å².